The lowest BCUT2D eigenvalue weighted by Gasteiger charge is -2.39. The van der Waals surface area contributed by atoms with Crippen LogP contribution in [-0.4, -0.2) is 20.0 Å². The van der Waals surface area contributed by atoms with Gasteiger partial charge in [-0.1, -0.05) is 20.8 Å². The Morgan fingerprint density at radius 2 is 2.10 bits per heavy atom. The van der Waals surface area contributed by atoms with Gasteiger partial charge < -0.3 is 14.1 Å². The maximum absolute atomic E-state index is 12.6. The highest BCUT2D eigenvalue weighted by molar-refractivity contribution is 7.03. The highest BCUT2D eigenvalue weighted by Gasteiger charge is 2.35. The standard InChI is InChI=1S/C23H20N2O4S/c1-23(2,3)20-7-15-13-4-5-29-21(13)14(12-9-24-30-11-12)6-16(15)18-8-19(26)17(22(27)28)10-25(18)20/h4-6,8-11,20H,7H2,1-3H3,(H,27,28)/t20-/m0/s1. The number of aromatic carboxylic acids is 1. The Kier molecular flexibility index (Phi) is 4.02. The number of benzene rings is 1. The number of fused-ring (bicyclic) bond motifs is 5. The smallest absolute Gasteiger partial charge is 0.341 e. The van der Waals surface area contributed by atoms with E-state index in [2.05, 4.69) is 25.1 Å². The van der Waals surface area contributed by atoms with Gasteiger partial charge in [0.2, 0.25) is 0 Å². The van der Waals surface area contributed by atoms with Gasteiger partial charge in [-0.15, -0.1) is 0 Å². The van der Waals surface area contributed by atoms with E-state index in [0.717, 1.165) is 38.9 Å². The minimum absolute atomic E-state index is 0.00883. The van der Waals surface area contributed by atoms with Gasteiger partial charge in [0.1, 0.15) is 11.1 Å². The number of pyridine rings is 1. The molecule has 1 aliphatic rings. The highest BCUT2D eigenvalue weighted by Crippen LogP contribution is 2.47. The lowest BCUT2D eigenvalue weighted by atomic mass is 9.77. The van der Waals surface area contributed by atoms with Crippen molar-refractivity contribution in [1.29, 1.82) is 0 Å². The van der Waals surface area contributed by atoms with E-state index in [1.165, 1.54) is 23.8 Å². The second-order valence-corrected chi connectivity index (χ2v) is 9.42. The van der Waals surface area contributed by atoms with Crippen LogP contribution in [-0.2, 0) is 6.42 Å². The molecule has 0 amide bonds. The third-order valence-electron chi connectivity index (χ3n) is 5.91. The second kappa shape index (κ2) is 6.40. The monoisotopic (exact) mass is 420 g/mol. The first-order chi connectivity index (χ1) is 14.3. The van der Waals surface area contributed by atoms with Crippen molar-refractivity contribution in [2.24, 2.45) is 5.41 Å². The predicted octanol–water partition coefficient (Wildman–Crippen LogP) is 5.23. The van der Waals surface area contributed by atoms with Gasteiger partial charge >= 0.3 is 5.97 Å². The molecule has 7 heteroatoms. The number of hydrogen-bond donors (Lipinski definition) is 1. The van der Waals surface area contributed by atoms with Crippen molar-refractivity contribution in [3.63, 3.8) is 0 Å². The third kappa shape index (κ3) is 2.73. The van der Waals surface area contributed by atoms with Crippen LogP contribution in [0.3, 0.4) is 0 Å². The number of nitrogens with zero attached hydrogens (tertiary/aromatic N) is 2. The summed E-state index contributed by atoms with van der Waals surface area (Å²) in [5.74, 6) is -1.20. The summed E-state index contributed by atoms with van der Waals surface area (Å²) in [7, 11) is 0. The molecule has 5 rings (SSSR count). The third-order valence-corrected chi connectivity index (χ3v) is 6.50. The topological polar surface area (TPSA) is 85.3 Å². The Bertz CT molecular complexity index is 1360. The Balaban J connectivity index is 1.88. The summed E-state index contributed by atoms with van der Waals surface area (Å²) in [6.07, 6.45) is 5.71. The maximum atomic E-state index is 12.6. The van der Waals surface area contributed by atoms with E-state index in [-0.39, 0.29) is 17.0 Å². The molecule has 1 atom stereocenters. The van der Waals surface area contributed by atoms with Gasteiger partial charge in [0.05, 0.1) is 12.0 Å². The number of aromatic nitrogens is 2. The van der Waals surface area contributed by atoms with Crippen molar-refractivity contribution in [2.45, 2.75) is 33.2 Å². The van der Waals surface area contributed by atoms with Gasteiger partial charge in [0.15, 0.2) is 5.43 Å². The first kappa shape index (κ1) is 18.8. The largest absolute Gasteiger partial charge is 0.477 e. The first-order valence-electron chi connectivity index (χ1n) is 9.68. The molecule has 0 bridgehead atoms. The Labute approximate surface area is 176 Å². The number of carbonyl (C=O) groups is 1. The summed E-state index contributed by atoms with van der Waals surface area (Å²) in [6, 6.07) is 5.46. The molecule has 6 nitrogen and oxygen atoms in total. The lowest BCUT2D eigenvalue weighted by Crippen LogP contribution is -2.32. The molecule has 1 aromatic carbocycles. The van der Waals surface area contributed by atoms with Crippen LogP contribution in [0.5, 0.6) is 0 Å². The molecule has 4 aromatic rings. The van der Waals surface area contributed by atoms with Crippen LogP contribution in [0.4, 0.5) is 0 Å². The van der Waals surface area contributed by atoms with Crippen molar-refractivity contribution in [3.05, 3.63) is 63.6 Å². The molecule has 0 aliphatic carbocycles. The Hall–Kier alpha value is -3.19. The van der Waals surface area contributed by atoms with Gasteiger partial charge in [-0.25, -0.2) is 9.17 Å². The number of rotatable bonds is 2. The number of carboxylic acids is 1. The van der Waals surface area contributed by atoms with Crippen LogP contribution in [0.15, 0.2) is 51.4 Å². The summed E-state index contributed by atoms with van der Waals surface area (Å²) >= 11 is 1.37. The van der Waals surface area contributed by atoms with E-state index in [0.29, 0.717) is 6.42 Å². The summed E-state index contributed by atoms with van der Waals surface area (Å²) < 4.78 is 12.0. The van der Waals surface area contributed by atoms with Crippen molar-refractivity contribution in [3.8, 4) is 22.4 Å². The fourth-order valence-corrected chi connectivity index (χ4v) is 4.93. The molecule has 1 N–H and O–H groups in total. The minimum Gasteiger partial charge on any atom is -0.477 e. The minimum atomic E-state index is -1.20. The van der Waals surface area contributed by atoms with Gasteiger partial charge in [-0.2, -0.15) is 0 Å². The zero-order chi connectivity index (χ0) is 21.2. The molecule has 3 aromatic heterocycles. The zero-order valence-corrected chi connectivity index (χ0v) is 17.6. The number of furan rings is 1. The van der Waals surface area contributed by atoms with Crippen LogP contribution in [0, 0.1) is 5.41 Å². The molecular weight excluding hydrogens is 400 g/mol. The fourth-order valence-electron chi connectivity index (χ4n) is 4.40. The predicted molar refractivity (Wildman–Crippen MR) is 116 cm³/mol. The van der Waals surface area contributed by atoms with E-state index in [1.54, 1.807) is 12.5 Å². The van der Waals surface area contributed by atoms with Crippen molar-refractivity contribution in [1.82, 2.24) is 8.94 Å². The van der Waals surface area contributed by atoms with Crippen molar-refractivity contribution in [2.75, 3.05) is 0 Å². The van der Waals surface area contributed by atoms with Gasteiger partial charge in [0, 0.05) is 52.0 Å². The molecule has 0 saturated heterocycles. The molecule has 4 heterocycles. The van der Waals surface area contributed by atoms with Crippen LogP contribution >= 0.6 is 11.5 Å². The van der Waals surface area contributed by atoms with Crippen molar-refractivity contribution >= 4 is 28.5 Å². The van der Waals surface area contributed by atoms with Crippen LogP contribution in [0.25, 0.3) is 33.4 Å². The maximum Gasteiger partial charge on any atom is 0.341 e. The molecule has 152 valence electrons. The molecule has 0 fully saturated rings. The molecule has 0 unspecified atom stereocenters. The quantitative estimate of drug-likeness (QED) is 0.480. The molecule has 1 aliphatic heterocycles. The molecule has 0 spiro atoms. The fraction of sp³-hybridized carbons (Fsp3) is 0.261. The zero-order valence-electron chi connectivity index (χ0n) is 16.8. The van der Waals surface area contributed by atoms with Crippen LogP contribution in [0.2, 0.25) is 0 Å². The average Bonchev–Trinajstić information content (AvgIpc) is 3.37. The SMILES string of the molecule is CC(C)(C)[C@@H]1Cc2c(cc(-c3cnsc3)c3occc23)-c2cc(=O)c(C(=O)O)cn21. The normalized spacial score (nSPS) is 15.8. The number of hydrogen-bond acceptors (Lipinski definition) is 5. The first-order valence-corrected chi connectivity index (χ1v) is 10.5. The van der Waals surface area contributed by atoms with Crippen LogP contribution in [0.1, 0.15) is 42.7 Å². The summed E-state index contributed by atoms with van der Waals surface area (Å²) in [5, 5.41) is 12.5. The summed E-state index contributed by atoms with van der Waals surface area (Å²) in [5.41, 5.74) is 4.62. The lowest BCUT2D eigenvalue weighted by molar-refractivity contribution is 0.0693. The van der Waals surface area contributed by atoms with Gasteiger partial charge in [0.25, 0.3) is 0 Å². The van der Waals surface area contributed by atoms with Crippen molar-refractivity contribution < 1.29 is 14.3 Å². The van der Waals surface area contributed by atoms with E-state index in [9.17, 15) is 14.7 Å². The molecule has 0 radical (unpaired) electrons. The Morgan fingerprint density at radius 3 is 2.77 bits per heavy atom. The highest BCUT2D eigenvalue weighted by atomic mass is 32.1. The summed E-state index contributed by atoms with van der Waals surface area (Å²) in [4.78, 5) is 24.2. The van der Waals surface area contributed by atoms with E-state index in [4.69, 9.17) is 4.42 Å². The molecule has 30 heavy (non-hydrogen) atoms. The molecular formula is C23H20N2O4S. The summed E-state index contributed by atoms with van der Waals surface area (Å²) in [6.45, 7) is 6.38. The van der Waals surface area contributed by atoms with E-state index >= 15 is 0 Å². The van der Waals surface area contributed by atoms with E-state index in [1.807, 2.05) is 22.1 Å². The van der Waals surface area contributed by atoms with E-state index < -0.39 is 11.4 Å². The second-order valence-electron chi connectivity index (χ2n) is 8.76. The molecule has 0 saturated carbocycles. The van der Waals surface area contributed by atoms with Gasteiger partial charge in [-0.3, -0.25) is 4.79 Å². The average molecular weight is 420 g/mol. The number of carboxylic acid groups (broad SMARTS) is 1. The Morgan fingerprint density at radius 1 is 1.30 bits per heavy atom. The van der Waals surface area contributed by atoms with Gasteiger partial charge in [-0.05, 0) is 41.1 Å². The van der Waals surface area contributed by atoms with Crippen LogP contribution < -0.4 is 5.43 Å².